The first-order valence-electron chi connectivity index (χ1n) is 6.77. The van der Waals surface area contributed by atoms with Gasteiger partial charge in [-0.25, -0.2) is 4.79 Å². The second kappa shape index (κ2) is 10.0. The molecule has 0 radical (unpaired) electrons. The Hall–Kier alpha value is -1.79. The summed E-state index contributed by atoms with van der Waals surface area (Å²) < 4.78 is 25.9. The molecule has 0 saturated heterocycles. The van der Waals surface area contributed by atoms with Crippen LogP contribution in [-0.4, -0.2) is 53.2 Å². The molecule has 1 aromatic carbocycles. The number of carbonyl (C=O) groups excluding carboxylic acids is 1. The SMILES string of the molecule is CCOC(=O)c1ccc(OCCOCCOC)c(OC)c1. The van der Waals surface area contributed by atoms with Crippen molar-refractivity contribution in [2.45, 2.75) is 6.92 Å². The summed E-state index contributed by atoms with van der Waals surface area (Å²) in [4.78, 5) is 11.6. The smallest absolute Gasteiger partial charge is 0.338 e. The molecule has 0 aliphatic carbocycles. The van der Waals surface area contributed by atoms with Crippen LogP contribution >= 0.6 is 0 Å². The van der Waals surface area contributed by atoms with E-state index in [0.29, 0.717) is 50.1 Å². The highest BCUT2D eigenvalue weighted by Gasteiger charge is 2.11. The summed E-state index contributed by atoms with van der Waals surface area (Å²) in [6.45, 7) is 4.01. The lowest BCUT2D eigenvalue weighted by atomic mass is 10.2. The standard InChI is InChI=1S/C15H22O6/c1-4-20-15(16)12-5-6-13(14(11-12)18-3)21-10-9-19-8-7-17-2/h5-6,11H,4,7-10H2,1-3H3. The van der Waals surface area contributed by atoms with Crippen LogP contribution in [0.3, 0.4) is 0 Å². The lowest BCUT2D eigenvalue weighted by molar-refractivity contribution is 0.0523. The molecule has 0 aromatic heterocycles. The third kappa shape index (κ3) is 6.01. The Morgan fingerprint density at radius 1 is 1.05 bits per heavy atom. The van der Waals surface area contributed by atoms with Crippen LogP contribution in [0, 0.1) is 0 Å². The van der Waals surface area contributed by atoms with Crippen molar-refractivity contribution in [3.8, 4) is 11.5 Å². The van der Waals surface area contributed by atoms with E-state index < -0.39 is 0 Å². The van der Waals surface area contributed by atoms with E-state index in [-0.39, 0.29) is 5.97 Å². The number of esters is 1. The van der Waals surface area contributed by atoms with E-state index in [1.807, 2.05) is 0 Å². The molecular formula is C15H22O6. The molecule has 0 aliphatic heterocycles. The molecule has 0 aliphatic rings. The first-order chi connectivity index (χ1) is 10.2. The maximum atomic E-state index is 11.6. The Bertz CT molecular complexity index is 432. The third-order valence-corrected chi connectivity index (χ3v) is 2.59. The zero-order chi connectivity index (χ0) is 15.5. The summed E-state index contributed by atoms with van der Waals surface area (Å²) in [5, 5.41) is 0. The van der Waals surface area contributed by atoms with Gasteiger partial charge in [0.05, 0.1) is 39.1 Å². The Morgan fingerprint density at radius 2 is 1.81 bits per heavy atom. The fourth-order valence-corrected chi connectivity index (χ4v) is 1.58. The minimum Gasteiger partial charge on any atom is -0.493 e. The zero-order valence-corrected chi connectivity index (χ0v) is 12.7. The number of ether oxygens (including phenoxy) is 5. The second-order valence-electron chi connectivity index (χ2n) is 4.04. The van der Waals surface area contributed by atoms with Crippen LogP contribution in [0.15, 0.2) is 18.2 Å². The van der Waals surface area contributed by atoms with Crippen LogP contribution in [-0.2, 0) is 14.2 Å². The van der Waals surface area contributed by atoms with Gasteiger partial charge < -0.3 is 23.7 Å². The number of hydrogen-bond acceptors (Lipinski definition) is 6. The predicted molar refractivity (Wildman–Crippen MR) is 77.1 cm³/mol. The molecule has 0 fully saturated rings. The molecular weight excluding hydrogens is 276 g/mol. The van der Waals surface area contributed by atoms with Crippen LogP contribution in [0.5, 0.6) is 11.5 Å². The molecule has 1 rings (SSSR count). The topological polar surface area (TPSA) is 63.2 Å². The van der Waals surface area contributed by atoms with Crippen LogP contribution in [0.2, 0.25) is 0 Å². The number of methoxy groups -OCH3 is 2. The molecule has 0 N–H and O–H groups in total. The highest BCUT2D eigenvalue weighted by molar-refractivity contribution is 5.90. The number of benzene rings is 1. The Labute approximate surface area is 124 Å². The third-order valence-electron chi connectivity index (χ3n) is 2.59. The summed E-state index contributed by atoms with van der Waals surface area (Å²) in [5.74, 6) is 0.656. The van der Waals surface area contributed by atoms with Gasteiger partial charge in [0.1, 0.15) is 6.61 Å². The Morgan fingerprint density at radius 3 is 2.48 bits per heavy atom. The Balaban J connectivity index is 2.52. The highest BCUT2D eigenvalue weighted by atomic mass is 16.6. The van der Waals surface area contributed by atoms with Crippen LogP contribution in [0.4, 0.5) is 0 Å². The summed E-state index contributed by atoms with van der Waals surface area (Å²) in [6, 6.07) is 4.92. The van der Waals surface area contributed by atoms with Gasteiger partial charge in [-0.05, 0) is 25.1 Å². The molecule has 0 unspecified atom stereocenters. The molecule has 6 heteroatoms. The molecule has 21 heavy (non-hydrogen) atoms. The van der Waals surface area contributed by atoms with E-state index in [2.05, 4.69) is 0 Å². The van der Waals surface area contributed by atoms with Crippen LogP contribution in [0.1, 0.15) is 17.3 Å². The quantitative estimate of drug-likeness (QED) is 0.486. The lowest BCUT2D eigenvalue weighted by Gasteiger charge is -2.12. The van der Waals surface area contributed by atoms with Crippen LogP contribution < -0.4 is 9.47 Å². The van der Waals surface area contributed by atoms with Gasteiger partial charge in [-0.1, -0.05) is 0 Å². The average Bonchev–Trinajstić information content (AvgIpc) is 2.51. The molecule has 0 saturated carbocycles. The molecule has 0 bridgehead atoms. The van der Waals surface area contributed by atoms with Crippen molar-refractivity contribution >= 4 is 5.97 Å². The van der Waals surface area contributed by atoms with Gasteiger partial charge in [-0.3, -0.25) is 0 Å². The molecule has 6 nitrogen and oxygen atoms in total. The van der Waals surface area contributed by atoms with Crippen molar-refractivity contribution in [2.75, 3.05) is 47.3 Å². The van der Waals surface area contributed by atoms with Gasteiger partial charge in [0.2, 0.25) is 0 Å². The van der Waals surface area contributed by atoms with Gasteiger partial charge in [-0.15, -0.1) is 0 Å². The molecule has 0 spiro atoms. The van der Waals surface area contributed by atoms with E-state index in [9.17, 15) is 4.79 Å². The summed E-state index contributed by atoms with van der Waals surface area (Å²) in [6.07, 6.45) is 0. The van der Waals surface area contributed by atoms with Gasteiger partial charge in [0.25, 0.3) is 0 Å². The van der Waals surface area contributed by atoms with Gasteiger partial charge >= 0.3 is 5.97 Å². The van der Waals surface area contributed by atoms with Gasteiger partial charge in [-0.2, -0.15) is 0 Å². The van der Waals surface area contributed by atoms with Crippen molar-refractivity contribution in [2.24, 2.45) is 0 Å². The van der Waals surface area contributed by atoms with E-state index in [1.54, 1.807) is 32.2 Å². The monoisotopic (exact) mass is 298 g/mol. The number of rotatable bonds is 10. The zero-order valence-electron chi connectivity index (χ0n) is 12.7. The normalized spacial score (nSPS) is 10.2. The fourth-order valence-electron chi connectivity index (χ4n) is 1.58. The van der Waals surface area contributed by atoms with Crippen molar-refractivity contribution in [1.82, 2.24) is 0 Å². The lowest BCUT2D eigenvalue weighted by Crippen LogP contribution is -2.11. The number of hydrogen-bond donors (Lipinski definition) is 0. The van der Waals surface area contributed by atoms with Crippen molar-refractivity contribution in [1.29, 1.82) is 0 Å². The Kier molecular flexibility index (Phi) is 8.23. The fraction of sp³-hybridized carbons (Fsp3) is 0.533. The van der Waals surface area contributed by atoms with Crippen molar-refractivity contribution < 1.29 is 28.5 Å². The first kappa shape index (κ1) is 17.3. The second-order valence-corrected chi connectivity index (χ2v) is 4.04. The minimum absolute atomic E-state index is 0.332. The largest absolute Gasteiger partial charge is 0.493 e. The molecule has 0 atom stereocenters. The minimum atomic E-state index is -0.384. The maximum absolute atomic E-state index is 11.6. The maximum Gasteiger partial charge on any atom is 0.338 e. The highest BCUT2D eigenvalue weighted by Crippen LogP contribution is 2.28. The van der Waals surface area contributed by atoms with Gasteiger partial charge in [0, 0.05) is 7.11 Å². The molecule has 118 valence electrons. The van der Waals surface area contributed by atoms with E-state index >= 15 is 0 Å². The summed E-state index contributed by atoms with van der Waals surface area (Å²) >= 11 is 0. The van der Waals surface area contributed by atoms with E-state index in [4.69, 9.17) is 23.7 Å². The van der Waals surface area contributed by atoms with Crippen molar-refractivity contribution in [3.05, 3.63) is 23.8 Å². The average molecular weight is 298 g/mol. The summed E-state index contributed by atoms with van der Waals surface area (Å²) in [5.41, 5.74) is 0.428. The van der Waals surface area contributed by atoms with Gasteiger partial charge in [0.15, 0.2) is 11.5 Å². The van der Waals surface area contributed by atoms with E-state index in [1.165, 1.54) is 7.11 Å². The first-order valence-corrected chi connectivity index (χ1v) is 6.77. The predicted octanol–water partition coefficient (Wildman–Crippen LogP) is 1.91. The molecule has 0 heterocycles. The number of carbonyl (C=O) groups is 1. The molecule has 0 amide bonds. The van der Waals surface area contributed by atoms with E-state index in [0.717, 1.165) is 0 Å². The van der Waals surface area contributed by atoms with Crippen molar-refractivity contribution in [3.63, 3.8) is 0 Å². The molecule has 1 aromatic rings. The van der Waals surface area contributed by atoms with Crippen LogP contribution in [0.25, 0.3) is 0 Å². The summed E-state index contributed by atoms with van der Waals surface area (Å²) in [7, 11) is 3.14.